The van der Waals surface area contributed by atoms with Gasteiger partial charge in [-0.1, -0.05) is 29.3 Å². The second-order valence-corrected chi connectivity index (χ2v) is 5.81. The molecule has 106 valence electrons. The van der Waals surface area contributed by atoms with Crippen LogP contribution in [-0.4, -0.2) is 0 Å². The van der Waals surface area contributed by atoms with Crippen molar-refractivity contribution >= 4 is 23.2 Å². The quantitative estimate of drug-likeness (QED) is 0.480. The van der Waals surface area contributed by atoms with Crippen molar-refractivity contribution in [1.82, 2.24) is 0 Å². The summed E-state index contributed by atoms with van der Waals surface area (Å²) in [5, 5.41) is -0.485. The van der Waals surface area contributed by atoms with Crippen molar-refractivity contribution < 1.29 is 8.78 Å². The van der Waals surface area contributed by atoms with Crippen molar-refractivity contribution in [2.45, 2.75) is 26.1 Å². The molecule has 2 aromatic rings. The predicted molar refractivity (Wildman–Crippen MR) is 79.7 cm³/mol. The Morgan fingerprint density at radius 2 is 1.40 bits per heavy atom. The van der Waals surface area contributed by atoms with Crippen LogP contribution in [0.25, 0.3) is 0 Å². The van der Waals surface area contributed by atoms with E-state index in [1.165, 1.54) is 0 Å². The van der Waals surface area contributed by atoms with Crippen LogP contribution < -0.4 is 0 Å². The van der Waals surface area contributed by atoms with Crippen LogP contribution in [0.1, 0.15) is 33.2 Å². The largest absolute Gasteiger partial charge is 0.204 e. The monoisotopic (exact) mass is 314 g/mol. The van der Waals surface area contributed by atoms with Gasteiger partial charge in [0.25, 0.3) is 0 Å². The third kappa shape index (κ3) is 2.82. The Labute approximate surface area is 127 Å². The summed E-state index contributed by atoms with van der Waals surface area (Å²) < 4.78 is 26.5. The molecule has 0 aliphatic carbocycles. The first-order valence-corrected chi connectivity index (χ1v) is 6.99. The number of benzene rings is 2. The zero-order valence-corrected chi connectivity index (χ0v) is 12.9. The van der Waals surface area contributed by atoms with Gasteiger partial charge in [-0.3, -0.25) is 0 Å². The molecule has 0 nitrogen and oxygen atoms in total. The van der Waals surface area contributed by atoms with Crippen LogP contribution in [0.5, 0.6) is 0 Å². The zero-order chi connectivity index (χ0) is 15.0. The van der Waals surface area contributed by atoms with Crippen LogP contribution in [0, 0.1) is 32.4 Å². The van der Waals surface area contributed by atoms with Gasteiger partial charge in [0.05, 0.1) is 5.38 Å². The fourth-order valence-electron chi connectivity index (χ4n) is 2.48. The minimum absolute atomic E-state index is 0.128. The van der Waals surface area contributed by atoms with Crippen molar-refractivity contribution in [3.8, 4) is 0 Å². The Hall–Kier alpha value is -1.12. The van der Waals surface area contributed by atoms with E-state index in [1.807, 2.05) is 32.9 Å². The van der Waals surface area contributed by atoms with E-state index in [0.717, 1.165) is 34.4 Å². The Morgan fingerprint density at radius 3 is 1.95 bits per heavy atom. The molecule has 1 atom stereocenters. The summed E-state index contributed by atoms with van der Waals surface area (Å²) in [6, 6.07) is 6.03. The molecule has 20 heavy (non-hydrogen) atoms. The van der Waals surface area contributed by atoms with E-state index < -0.39 is 17.0 Å². The average molecular weight is 315 g/mol. The minimum Gasteiger partial charge on any atom is -0.204 e. The van der Waals surface area contributed by atoms with Gasteiger partial charge in [0.2, 0.25) is 0 Å². The smallest absolute Gasteiger partial charge is 0.160 e. The van der Waals surface area contributed by atoms with Crippen LogP contribution in [-0.2, 0) is 0 Å². The maximum Gasteiger partial charge on any atom is 0.160 e. The summed E-state index contributed by atoms with van der Waals surface area (Å²) in [6.45, 7) is 5.88. The molecule has 4 heteroatoms. The van der Waals surface area contributed by atoms with Gasteiger partial charge in [-0.15, -0.1) is 11.6 Å². The average Bonchev–Trinajstić information content (AvgIpc) is 2.32. The van der Waals surface area contributed by atoms with E-state index in [2.05, 4.69) is 0 Å². The van der Waals surface area contributed by atoms with Crippen molar-refractivity contribution in [2.75, 3.05) is 0 Å². The van der Waals surface area contributed by atoms with Crippen LogP contribution >= 0.6 is 23.2 Å². The molecule has 2 rings (SSSR count). The van der Waals surface area contributed by atoms with Crippen molar-refractivity contribution in [3.05, 3.63) is 68.7 Å². The first-order chi connectivity index (χ1) is 9.31. The number of aryl methyl sites for hydroxylation is 3. The molecule has 0 aromatic heterocycles. The number of hydrogen-bond acceptors (Lipinski definition) is 0. The number of rotatable bonds is 2. The minimum atomic E-state index is -0.972. The van der Waals surface area contributed by atoms with Gasteiger partial charge in [0.1, 0.15) is 0 Å². The van der Waals surface area contributed by atoms with Gasteiger partial charge < -0.3 is 0 Å². The standard InChI is InChI=1S/C16H14Cl2F2/c1-8-4-9(2)15(10(3)5-8)16(18)11-6-13(19)14(20)7-12(11)17/h4-7,16H,1-3H3. The molecule has 0 saturated carbocycles. The van der Waals surface area contributed by atoms with Crippen molar-refractivity contribution in [3.63, 3.8) is 0 Å². The first-order valence-electron chi connectivity index (χ1n) is 6.17. The summed E-state index contributed by atoms with van der Waals surface area (Å²) in [6.07, 6.45) is 0. The van der Waals surface area contributed by atoms with Gasteiger partial charge in [-0.05, 0) is 55.2 Å². The van der Waals surface area contributed by atoms with Crippen LogP contribution in [0.3, 0.4) is 0 Å². The second-order valence-electron chi connectivity index (χ2n) is 4.96. The highest BCUT2D eigenvalue weighted by Crippen LogP contribution is 2.38. The van der Waals surface area contributed by atoms with E-state index in [4.69, 9.17) is 23.2 Å². The Morgan fingerprint density at radius 1 is 0.900 bits per heavy atom. The van der Waals surface area contributed by atoms with E-state index in [-0.39, 0.29) is 5.02 Å². The third-order valence-corrected chi connectivity index (χ3v) is 4.08. The van der Waals surface area contributed by atoms with Gasteiger partial charge in [0.15, 0.2) is 11.6 Å². The second kappa shape index (κ2) is 5.71. The zero-order valence-electron chi connectivity index (χ0n) is 11.4. The van der Waals surface area contributed by atoms with Gasteiger partial charge in [0, 0.05) is 5.02 Å². The summed E-state index contributed by atoms with van der Waals surface area (Å²) in [5.74, 6) is -1.92. The SMILES string of the molecule is Cc1cc(C)c(C(Cl)c2cc(F)c(F)cc2Cl)c(C)c1. The predicted octanol–water partition coefficient (Wildman–Crippen LogP) is 5.87. The molecule has 0 fully saturated rings. The molecule has 0 aliphatic rings. The highest BCUT2D eigenvalue weighted by Gasteiger charge is 2.20. The van der Waals surface area contributed by atoms with E-state index in [9.17, 15) is 8.78 Å². The number of halogens is 4. The van der Waals surface area contributed by atoms with Crippen LogP contribution in [0.15, 0.2) is 24.3 Å². The Balaban J connectivity index is 2.57. The molecule has 0 saturated heterocycles. The van der Waals surface area contributed by atoms with Gasteiger partial charge in [-0.25, -0.2) is 8.78 Å². The molecule has 0 amide bonds. The molecule has 0 aliphatic heterocycles. The summed E-state index contributed by atoms with van der Waals surface area (Å²) in [4.78, 5) is 0. The van der Waals surface area contributed by atoms with Crippen LogP contribution in [0.2, 0.25) is 5.02 Å². The summed E-state index contributed by atoms with van der Waals surface area (Å²) >= 11 is 12.4. The number of alkyl halides is 1. The number of hydrogen-bond donors (Lipinski definition) is 0. The topological polar surface area (TPSA) is 0 Å². The van der Waals surface area contributed by atoms with Gasteiger partial charge >= 0.3 is 0 Å². The highest BCUT2D eigenvalue weighted by molar-refractivity contribution is 6.33. The fourth-order valence-corrected chi connectivity index (χ4v) is 3.32. The normalized spacial score (nSPS) is 12.6. The van der Waals surface area contributed by atoms with Crippen molar-refractivity contribution in [1.29, 1.82) is 0 Å². The Kier molecular flexibility index (Phi) is 4.36. The Bertz CT molecular complexity index is 643. The lowest BCUT2D eigenvalue weighted by molar-refractivity contribution is 0.507. The molecule has 0 radical (unpaired) electrons. The van der Waals surface area contributed by atoms with E-state index >= 15 is 0 Å². The van der Waals surface area contributed by atoms with E-state index in [0.29, 0.717) is 5.56 Å². The highest BCUT2D eigenvalue weighted by atomic mass is 35.5. The molecule has 0 N–H and O–H groups in total. The fraction of sp³-hybridized carbons (Fsp3) is 0.250. The lowest BCUT2D eigenvalue weighted by Gasteiger charge is -2.18. The lowest BCUT2D eigenvalue weighted by Crippen LogP contribution is -2.02. The molecule has 0 spiro atoms. The molecule has 1 unspecified atom stereocenters. The van der Waals surface area contributed by atoms with Crippen LogP contribution in [0.4, 0.5) is 8.78 Å². The van der Waals surface area contributed by atoms with E-state index in [1.54, 1.807) is 0 Å². The molecule has 0 heterocycles. The summed E-state index contributed by atoms with van der Waals surface area (Å²) in [7, 11) is 0. The van der Waals surface area contributed by atoms with Gasteiger partial charge in [-0.2, -0.15) is 0 Å². The molecule has 2 aromatic carbocycles. The molecular formula is C16H14Cl2F2. The third-order valence-electron chi connectivity index (χ3n) is 3.30. The van der Waals surface area contributed by atoms with Crippen molar-refractivity contribution in [2.24, 2.45) is 0 Å². The maximum atomic E-state index is 13.4. The lowest BCUT2D eigenvalue weighted by atomic mass is 9.93. The first kappa shape index (κ1) is 15.3. The molecular weight excluding hydrogens is 301 g/mol. The summed E-state index contributed by atoms with van der Waals surface area (Å²) in [5.41, 5.74) is 4.39. The molecule has 0 bridgehead atoms. The maximum absolute atomic E-state index is 13.4.